The van der Waals surface area contributed by atoms with Crippen LogP contribution in [0.15, 0.2) is 76.8 Å². The average Bonchev–Trinajstić information content (AvgIpc) is 3.46. The Morgan fingerprint density at radius 3 is 2.46 bits per heavy atom. The fourth-order valence-electron chi connectivity index (χ4n) is 4.36. The highest BCUT2D eigenvalue weighted by Gasteiger charge is 2.39. The van der Waals surface area contributed by atoms with E-state index >= 15 is 0 Å². The van der Waals surface area contributed by atoms with Crippen LogP contribution in [0.25, 0.3) is 0 Å². The van der Waals surface area contributed by atoms with Crippen molar-refractivity contribution in [3.8, 4) is 0 Å². The number of aliphatic imine (C=N–C) groups is 1. The Morgan fingerprint density at radius 2 is 1.76 bits per heavy atom. The second kappa shape index (κ2) is 10.5. The molecule has 0 bridgehead atoms. The van der Waals surface area contributed by atoms with Crippen LogP contribution in [0.4, 0.5) is 5.69 Å². The number of thioether (sulfide) groups is 1. The van der Waals surface area contributed by atoms with Gasteiger partial charge in [0.1, 0.15) is 5.25 Å². The van der Waals surface area contributed by atoms with Crippen molar-refractivity contribution in [1.29, 1.82) is 0 Å². The molecule has 2 amide bonds. The predicted molar refractivity (Wildman–Crippen MR) is 151 cm³/mol. The van der Waals surface area contributed by atoms with Crippen LogP contribution in [0.1, 0.15) is 46.7 Å². The molecule has 0 aliphatic carbocycles. The topological polar surface area (TPSA) is 74.1 Å². The van der Waals surface area contributed by atoms with Crippen molar-refractivity contribution in [2.24, 2.45) is 10.1 Å². The minimum absolute atomic E-state index is 0.0419. The van der Waals surface area contributed by atoms with Gasteiger partial charge in [-0.3, -0.25) is 9.59 Å². The number of hydrazone groups is 1. The van der Waals surface area contributed by atoms with E-state index in [1.807, 2.05) is 61.3 Å². The summed E-state index contributed by atoms with van der Waals surface area (Å²) < 4.78 is 0. The molecule has 0 fully saturated rings. The van der Waals surface area contributed by atoms with Gasteiger partial charge in [0.15, 0.2) is 5.17 Å². The third-order valence-corrected chi connectivity index (χ3v) is 8.03. The van der Waals surface area contributed by atoms with E-state index in [9.17, 15) is 9.59 Å². The standard InChI is InChI=1S/C29H27ClN4O2S/c1-17-4-7-21(8-5-17)25-15-24(20-9-11-22(30)12-10-20)33-34(25)29-32-28(36)26(37-29)16-27(35)31-23-13-6-18(2)19(3)14-23/h4-14,25-26H,15-16H2,1-3H3,(H,31,35). The average molecular weight is 531 g/mol. The molecule has 5 rings (SSSR count). The SMILES string of the molecule is Cc1ccc(C2CC(c3ccc(Cl)cc3)=NN2C2=NC(=O)C(CC(=O)Nc3ccc(C)c(C)c3)S2)cc1. The fourth-order valence-corrected chi connectivity index (χ4v) is 5.54. The Bertz CT molecular complexity index is 1420. The summed E-state index contributed by atoms with van der Waals surface area (Å²) in [6.07, 6.45) is 0.705. The van der Waals surface area contributed by atoms with Crippen LogP contribution >= 0.6 is 23.4 Å². The maximum atomic E-state index is 12.8. The minimum atomic E-state index is -0.588. The van der Waals surface area contributed by atoms with Crippen LogP contribution < -0.4 is 5.32 Å². The fraction of sp³-hybridized carbons (Fsp3) is 0.241. The summed E-state index contributed by atoms with van der Waals surface area (Å²) in [5.74, 6) is -0.527. The molecule has 8 heteroatoms. The number of amidine groups is 1. The van der Waals surface area contributed by atoms with E-state index in [0.29, 0.717) is 16.6 Å². The molecule has 2 heterocycles. The second-order valence-corrected chi connectivity index (χ2v) is 11.0. The lowest BCUT2D eigenvalue weighted by molar-refractivity contribution is -0.121. The van der Waals surface area contributed by atoms with E-state index in [1.54, 1.807) is 0 Å². The number of benzene rings is 3. The van der Waals surface area contributed by atoms with Crippen molar-refractivity contribution in [3.05, 3.63) is 99.6 Å². The Morgan fingerprint density at radius 1 is 1.03 bits per heavy atom. The molecule has 2 unspecified atom stereocenters. The maximum absolute atomic E-state index is 12.8. The summed E-state index contributed by atoms with van der Waals surface area (Å²) in [5.41, 5.74) is 7.11. The van der Waals surface area contributed by atoms with Crippen LogP contribution in [0, 0.1) is 20.8 Å². The molecule has 37 heavy (non-hydrogen) atoms. The number of anilines is 1. The van der Waals surface area contributed by atoms with Crippen molar-refractivity contribution in [2.75, 3.05) is 5.32 Å². The lowest BCUT2D eigenvalue weighted by atomic mass is 9.98. The number of hydrogen-bond acceptors (Lipinski definition) is 5. The number of carbonyl (C=O) groups excluding carboxylic acids is 2. The molecule has 2 aliphatic heterocycles. The number of hydrogen-bond donors (Lipinski definition) is 1. The smallest absolute Gasteiger partial charge is 0.262 e. The zero-order valence-electron chi connectivity index (χ0n) is 20.9. The molecule has 1 N–H and O–H groups in total. The van der Waals surface area contributed by atoms with Crippen molar-refractivity contribution in [3.63, 3.8) is 0 Å². The maximum Gasteiger partial charge on any atom is 0.262 e. The Balaban J connectivity index is 1.34. The van der Waals surface area contributed by atoms with E-state index in [1.165, 1.54) is 17.3 Å². The number of nitrogens with zero attached hydrogens (tertiary/aromatic N) is 3. The Kier molecular flexibility index (Phi) is 7.17. The molecular weight excluding hydrogens is 504 g/mol. The number of nitrogens with one attached hydrogen (secondary N) is 1. The number of carbonyl (C=O) groups is 2. The van der Waals surface area contributed by atoms with Gasteiger partial charge in [-0.25, -0.2) is 5.01 Å². The molecule has 3 aromatic carbocycles. The predicted octanol–water partition coefficient (Wildman–Crippen LogP) is 6.44. The minimum Gasteiger partial charge on any atom is -0.326 e. The van der Waals surface area contributed by atoms with Gasteiger partial charge in [-0.05, 0) is 67.3 Å². The molecule has 2 aliphatic rings. The zero-order chi connectivity index (χ0) is 26.1. The first-order chi connectivity index (χ1) is 17.8. The van der Waals surface area contributed by atoms with E-state index in [-0.39, 0.29) is 24.3 Å². The highest BCUT2D eigenvalue weighted by molar-refractivity contribution is 8.15. The van der Waals surface area contributed by atoms with Crippen molar-refractivity contribution >= 4 is 51.7 Å². The van der Waals surface area contributed by atoms with E-state index < -0.39 is 5.25 Å². The van der Waals surface area contributed by atoms with Crippen molar-refractivity contribution in [1.82, 2.24) is 5.01 Å². The van der Waals surface area contributed by atoms with Gasteiger partial charge in [0.05, 0.1) is 11.8 Å². The third kappa shape index (κ3) is 5.63. The molecule has 2 atom stereocenters. The van der Waals surface area contributed by atoms with Gasteiger partial charge < -0.3 is 5.32 Å². The van der Waals surface area contributed by atoms with E-state index in [4.69, 9.17) is 16.7 Å². The number of halogens is 1. The largest absolute Gasteiger partial charge is 0.326 e. The quantitative estimate of drug-likeness (QED) is 0.411. The molecule has 0 radical (unpaired) electrons. The molecule has 6 nitrogen and oxygen atoms in total. The van der Waals surface area contributed by atoms with Crippen LogP contribution in [-0.4, -0.2) is 33.0 Å². The molecule has 0 spiro atoms. The summed E-state index contributed by atoms with van der Waals surface area (Å²) in [4.78, 5) is 29.9. The summed E-state index contributed by atoms with van der Waals surface area (Å²) in [6, 6.07) is 21.6. The van der Waals surface area contributed by atoms with Gasteiger partial charge in [0, 0.05) is 23.6 Å². The second-order valence-electron chi connectivity index (χ2n) is 9.42. The summed E-state index contributed by atoms with van der Waals surface area (Å²) in [7, 11) is 0. The zero-order valence-corrected chi connectivity index (χ0v) is 22.4. The molecule has 0 saturated carbocycles. The highest BCUT2D eigenvalue weighted by Crippen LogP contribution is 2.38. The normalized spacial score (nSPS) is 19.1. The first-order valence-corrected chi connectivity index (χ1v) is 13.4. The van der Waals surface area contributed by atoms with Crippen molar-refractivity contribution < 1.29 is 9.59 Å². The molecule has 3 aromatic rings. The number of rotatable bonds is 5. The van der Waals surface area contributed by atoms with E-state index in [0.717, 1.165) is 33.7 Å². The van der Waals surface area contributed by atoms with Gasteiger partial charge in [-0.2, -0.15) is 10.1 Å². The lowest BCUT2D eigenvalue weighted by Crippen LogP contribution is -2.25. The molecule has 0 aromatic heterocycles. The number of amides is 2. The van der Waals surface area contributed by atoms with Gasteiger partial charge >= 0.3 is 0 Å². The molecule has 0 saturated heterocycles. The van der Waals surface area contributed by atoms with Crippen LogP contribution in [0.5, 0.6) is 0 Å². The first-order valence-electron chi connectivity index (χ1n) is 12.1. The Hall–Kier alpha value is -3.42. The van der Waals surface area contributed by atoms with Gasteiger partial charge in [-0.15, -0.1) is 0 Å². The summed E-state index contributed by atoms with van der Waals surface area (Å²) >= 11 is 7.39. The highest BCUT2D eigenvalue weighted by atomic mass is 35.5. The molecule has 188 valence electrons. The van der Waals surface area contributed by atoms with Gasteiger partial charge in [0.2, 0.25) is 5.91 Å². The Labute approximate surface area is 225 Å². The van der Waals surface area contributed by atoms with Gasteiger partial charge in [0.25, 0.3) is 5.91 Å². The lowest BCUT2D eigenvalue weighted by Gasteiger charge is -2.23. The van der Waals surface area contributed by atoms with Crippen LogP contribution in [0.3, 0.4) is 0 Å². The third-order valence-electron chi connectivity index (χ3n) is 6.64. The van der Waals surface area contributed by atoms with Crippen LogP contribution in [0.2, 0.25) is 5.02 Å². The first kappa shape index (κ1) is 25.2. The molecular formula is C29H27ClN4O2S. The summed E-state index contributed by atoms with van der Waals surface area (Å²) in [6.45, 7) is 6.08. The van der Waals surface area contributed by atoms with Crippen molar-refractivity contribution in [2.45, 2.75) is 44.9 Å². The number of aryl methyl sites for hydroxylation is 3. The van der Waals surface area contributed by atoms with Crippen LogP contribution in [-0.2, 0) is 9.59 Å². The van der Waals surface area contributed by atoms with E-state index in [2.05, 4.69) is 41.5 Å². The monoisotopic (exact) mass is 530 g/mol. The van der Waals surface area contributed by atoms with Gasteiger partial charge in [-0.1, -0.05) is 71.4 Å². The summed E-state index contributed by atoms with van der Waals surface area (Å²) in [5, 5.41) is 10.2.